The van der Waals surface area contributed by atoms with Crippen molar-refractivity contribution in [3.63, 3.8) is 0 Å². The Morgan fingerprint density at radius 3 is 2.57 bits per heavy atom. The third-order valence-corrected chi connectivity index (χ3v) is 8.87. The number of hydrogen-bond donors (Lipinski definition) is 1. The molecule has 0 radical (unpaired) electrons. The molecular weight excluding hydrogens is 484 g/mol. The molecule has 10 heteroatoms. The Hall–Kier alpha value is -3.24. The summed E-state index contributed by atoms with van der Waals surface area (Å²) in [6.07, 6.45) is -0.851. The Morgan fingerprint density at radius 1 is 1.14 bits per heavy atom. The summed E-state index contributed by atoms with van der Waals surface area (Å²) in [5.74, 6) is -0.481. The molecule has 1 saturated heterocycles. The molecule has 1 aromatic carbocycles. The third-order valence-electron chi connectivity index (χ3n) is 8.87. The van der Waals surface area contributed by atoms with E-state index in [-0.39, 0.29) is 42.5 Å². The van der Waals surface area contributed by atoms with Crippen LogP contribution in [0.4, 0.5) is 0 Å². The van der Waals surface area contributed by atoms with E-state index in [1.165, 1.54) is 14.2 Å². The lowest BCUT2D eigenvalue weighted by atomic mass is 9.50. The van der Waals surface area contributed by atoms with Gasteiger partial charge in [-0.1, -0.05) is 19.9 Å². The molecule has 3 aliphatic heterocycles. The lowest BCUT2D eigenvalue weighted by Gasteiger charge is -2.64. The van der Waals surface area contributed by atoms with E-state index in [1.807, 2.05) is 13.8 Å². The van der Waals surface area contributed by atoms with E-state index in [2.05, 4.69) is 0 Å². The summed E-state index contributed by atoms with van der Waals surface area (Å²) < 4.78 is 41.0. The number of ketones is 1. The van der Waals surface area contributed by atoms with E-state index in [4.69, 9.17) is 33.2 Å². The minimum atomic E-state index is -1.72. The first-order chi connectivity index (χ1) is 17.7. The van der Waals surface area contributed by atoms with Crippen LogP contribution < -0.4 is 14.2 Å². The first kappa shape index (κ1) is 24.1. The highest BCUT2D eigenvalue weighted by molar-refractivity contribution is 6.07. The number of methoxy groups -OCH3 is 2. The summed E-state index contributed by atoms with van der Waals surface area (Å²) in [7, 11) is 2.79. The second-order valence-corrected chi connectivity index (χ2v) is 10.3. The number of benzene rings is 1. The lowest BCUT2D eigenvalue weighted by molar-refractivity contribution is -0.334. The summed E-state index contributed by atoms with van der Waals surface area (Å²) >= 11 is 0. The molecule has 0 amide bonds. The maximum Gasteiger partial charge on any atom is 0.333 e. The molecule has 5 aliphatic rings. The fourth-order valence-electron chi connectivity index (χ4n) is 6.60. The van der Waals surface area contributed by atoms with Crippen LogP contribution in [0.1, 0.15) is 44.9 Å². The van der Waals surface area contributed by atoms with Gasteiger partial charge in [-0.05, 0) is 25.8 Å². The second-order valence-electron chi connectivity index (χ2n) is 10.3. The number of esters is 1. The molecule has 3 heterocycles. The third kappa shape index (κ3) is 2.67. The van der Waals surface area contributed by atoms with Crippen molar-refractivity contribution in [3.05, 3.63) is 40.4 Å². The maximum atomic E-state index is 14.4. The molecule has 1 N–H and O–H groups in total. The molecule has 0 unspecified atom stereocenters. The highest BCUT2D eigenvalue weighted by Crippen LogP contribution is 2.67. The summed E-state index contributed by atoms with van der Waals surface area (Å²) in [5, 5.41) is 12.6. The Balaban J connectivity index is 1.67. The molecule has 7 atom stereocenters. The standard InChI is InChI=1S/C27H30O10/c1-7-11(2)25(29)36-17-12(3)13(4)23-27(30)24(37-23)21(32-6)20(31-5)22(28)26(27)9-33-19-16(26)14(17)8-15-18(19)35-10-34-15/h7-8,12-13,17,23-24,30H,9-10H2,1-6H3/b11-7-/t12-,13+,17-,23+,24-,26+,27+/m1/s1. The van der Waals surface area contributed by atoms with Gasteiger partial charge in [-0.3, -0.25) is 4.79 Å². The average molecular weight is 515 g/mol. The van der Waals surface area contributed by atoms with E-state index in [0.717, 1.165) is 0 Å². The molecular formula is C27H30O10. The quantitative estimate of drug-likeness (QED) is 0.474. The van der Waals surface area contributed by atoms with Crippen LogP contribution in [0.3, 0.4) is 0 Å². The smallest absolute Gasteiger partial charge is 0.333 e. The maximum absolute atomic E-state index is 14.4. The summed E-state index contributed by atoms with van der Waals surface area (Å²) in [4.78, 5) is 27.4. The predicted molar refractivity (Wildman–Crippen MR) is 126 cm³/mol. The molecule has 1 fully saturated rings. The normalized spacial score (nSPS) is 37.0. The fraction of sp³-hybridized carbons (Fsp3) is 0.556. The fourth-order valence-corrected chi connectivity index (χ4v) is 6.60. The highest BCUT2D eigenvalue weighted by Gasteiger charge is 2.80. The zero-order chi connectivity index (χ0) is 26.4. The van der Waals surface area contributed by atoms with Gasteiger partial charge in [0.25, 0.3) is 0 Å². The number of hydrogen-bond acceptors (Lipinski definition) is 10. The molecule has 0 saturated carbocycles. The SMILES string of the molecule is C/C=C(/C)C(=O)O[C@H]1c2cc3c(c4c2[C@@]2(CO4)C(=O)C(OC)=C(OC)[C@H]4O[C@@H]([C@@H](C)[C@H]1C)[C@]42O)OCO3. The minimum Gasteiger partial charge on any atom is -0.494 e. The number of carbonyl (C=O) groups excluding carboxylic acids is 2. The monoisotopic (exact) mass is 514 g/mol. The van der Waals surface area contributed by atoms with Crippen molar-refractivity contribution in [3.8, 4) is 17.2 Å². The number of rotatable bonds is 4. The molecule has 2 aliphatic carbocycles. The van der Waals surface area contributed by atoms with Crippen molar-refractivity contribution in [2.75, 3.05) is 27.6 Å². The molecule has 1 aromatic rings. The zero-order valence-electron chi connectivity index (χ0n) is 21.6. The zero-order valence-corrected chi connectivity index (χ0v) is 21.6. The number of carbonyl (C=O) groups is 2. The summed E-state index contributed by atoms with van der Waals surface area (Å²) in [6.45, 7) is 7.09. The van der Waals surface area contributed by atoms with Gasteiger partial charge in [-0.15, -0.1) is 0 Å². The Bertz CT molecular complexity index is 1280. The first-order valence-corrected chi connectivity index (χ1v) is 12.4. The summed E-state index contributed by atoms with van der Waals surface area (Å²) in [6, 6.07) is 1.73. The van der Waals surface area contributed by atoms with Gasteiger partial charge >= 0.3 is 5.97 Å². The van der Waals surface area contributed by atoms with Gasteiger partial charge in [-0.25, -0.2) is 4.79 Å². The van der Waals surface area contributed by atoms with Crippen LogP contribution in [0.15, 0.2) is 29.2 Å². The van der Waals surface area contributed by atoms with E-state index in [0.29, 0.717) is 28.2 Å². The van der Waals surface area contributed by atoms with Gasteiger partial charge in [-0.2, -0.15) is 0 Å². The van der Waals surface area contributed by atoms with E-state index in [1.54, 1.807) is 26.0 Å². The van der Waals surface area contributed by atoms with Crippen LogP contribution in [0.25, 0.3) is 0 Å². The number of allylic oxidation sites excluding steroid dienone is 2. The number of fused-ring (bicyclic) bond motifs is 2. The Kier molecular flexibility index (Phi) is 5.14. The van der Waals surface area contributed by atoms with E-state index in [9.17, 15) is 14.7 Å². The van der Waals surface area contributed by atoms with Gasteiger partial charge in [0, 0.05) is 22.6 Å². The Morgan fingerprint density at radius 2 is 1.89 bits per heavy atom. The predicted octanol–water partition coefficient (Wildman–Crippen LogP) is 2.47. The molecule has 10 nitrogen and oxygen atoms in total. The highest BCUT2D eigenvalue weighted by atomic mass is 16.7. The minimum absolute atomic E-state index is 0.0285. The van der Waals surface area contributed by atoms with Gasteiger partial charge < -0.3 is 38.3 Å². The number of aliphatic hydroxyl groups is 1. The molecule has 198 valence electrons. The van der Waals surface area contributed by atoms with Crippen molar-refractivity contribution in [1.82, 2.24) is 0 Å². The number of Topliss-reactive ketones (excluding diaryl/α,β-unsaturated/α-hetero) is 1. The van der Waals surface area contributed by atoms with E-state index >= 15 is 0 Å². The summed E-state index contributed by atoms with van der Waals surface area (Å²) in [5.41, 5.74) is -1.95. The van der Waals surface area contributed by atoms with Crippen molar-refractivity contribution in [2.45, 2.75) is 57.0 Å². The van der Waals surface area contributed by atoms with Gasteiger partial charge in [0.2, 0.25) is 24.1 Å². The average Bonchev–Trinajstić information content (AvgIpc) is 3.52. The molecule has 1 spiro atoms. The van der Waals surface area contributed by atoms with Crippen LogP contribution in [0, 0.1) is 11.8 Å². The van der Waals surface area contributed by atoms with Crippen LogP contribution in [-0.2, 0) is 34.0 Å². The second kappa shape index (κ2) is 7.88. The van der Waals surface area contributed by atoms with Gasteiger partial charge in [0.1, 0.15) is 23.7 Å². The largest absolute Gasteiger partial charge is 0.494 e. The van der Waals surface area contributed by atoms with E-state index < -0.39 is 41.1 Å². The van der Waals surface area contributed by atoms with Crippen molar-refractivity contribution < 1.29 is 47.9 Å². The van der Waals surface area contributed by atoms with Gasteiger partial charge in [0.05, 0.1) is 20.3 Å². The van der Waals surface area contributed by atoms with Crippen LogP contribution in [0.2, 0.25) is 0 Å². The molecule has 0 bridgehead atoms. The van der Waals surface area contributed by atoms with Crippen LogP contribution in [-0.4, -0.2) is 62.3 Å². The molecule has 37 heavy (non-hydrogen) atoms. The van der Waals surface area contributed by atoms with Gasteiger partial charge in [0.15, 0.2) is 23.4 Å². The van der Waals surface area contributed by atoms with Crippen LogP contribution >= 0.6 is 0 Å². The van der Waals surface area contributed by atoms with Crippen LogP contribution in [0.5, 0.6) is 17.2 Å². The lowest BCUT2D eigenvalue weighted by Crippen LogP contribution is -2.82. The number of ether oxygens (including phenoxy) is 7. The first-order valence-electron chi connectivity index (χ1n) is 12.4. The molecule has 6 rings (SSSR count). The van der Waals surface area contributed by atoms with Crippen molar-refractivity contribution in [2.24, 2.45) is 11.8 Å². The van der Waals surface area contributed by atoms with Crippen molar-refractivity contribution >= 4 is 11.8 Å². The molecule has 0 aromatic heterocycles. The topological polar surface area (TPSA) is 119 Å². The van der Waals surface area contributed by atoms with Crippen molar-refractivity contribution in [1.29, 1.82) is 0 Å². The Labute approximate surface area is 214 Å².